The van der Waals surface area contributed by atoms with E-state index in [0.717, 1.165) is 154 Å². The van der Waals surface area contributed by atoms with Gasteiger partial charge in [0.2, 0.25) is 0 Å². The van der Waals surface area contributed by atoms with Gasteiger partial charge < -0.3 is 0 Å². The maximum Gasteiger partial charge on any atom is 0.00218 e. The average molecular weight is 1270 g/mol. The third-order valence-electron chi connectivity index (χ3n) is 30.2. The van der Waals surface area contributed by atoms with Crippen molar-refractivity contribution < 1.29 is 0 Å². The van der Waals surface area contributed by atoms with Crippen molar-refractivity contribution in [2.24, 2.45) is 154 Å². The maximum atomic E-state index is 2.57. The Morgan fingerprint density at radius 1 is 0.309 bits per heavy atom. The van der Waals surface area contributed by atoms with Gasteiger partial charge in [-0.25, -0.2) is 0 Å². The quantitative estimate of drug-likeness (QED) is 0.0513. The Labute approximate surface area is 580 Å². The van der Waals surface area contributed by atoms with E-state index in [1.807, 2.05) is 11.1 Å². The fraction of sp³-hybridized carbons (Fsp3) is 0.766. The predicted molar refractivity (Wildman–Crippen MR) is 406 cm³/mol. The summed E-state index contributed by atoms with van der Waals surface area (Å²) in [6.07, 6.45) is 103. The van der Waals surface area contributed by atoms with Crippen molar-refractivity contribution >= 4 is 0 Å². The molecule has 26 unspecified atom stereocenters. The van der Waals surface area contributed by atoms with Crippen molar-refractivity contribution in [3.63, 3.8) is 0 Å². The summed E-state index contributed by atoms with van der Waals surface area (Å²) in [5.41, 5.74) is 7.16. The average Bonchev–Trinajstić information content (AvgIpc) is 1.54. The molecule has 9 fully saturated rings. The molecular weight excluding hydrogens is 1130 g/mol. The largest absolute Gasteiger partial charge is 0.0879 e. The van der Waals surface area contributed by atoms with Crippen LogP contribution in [0.4, 0.5) is 0 Å². The summed E-state index contributed by atoms with van der Waals surface area (Å²) in [4.78, 5) is 0. The van der Waals surface area contributed by atoms with Crippen molar-refractivity contribution in [2.45, 2.75) is 298 Å². The highest BCUT2D eigenvalue weighted by Gasteiger charge is 2.64. The molecule has 0 aliphatic heterocycles. The zero-order chi connectivity index (χ0) is 64.3. The third-order valence-corrected chi connectivity index (χ3v) is 30.2. The van der Waals surface area contributed by atoms with Crippen LogP contribution in [-0.2, 0) is 0 Å². The van der Waals surface area contributed by atoms with Gasteiger partial charge in [0.1, 0.15) is 0 Å². The number of allylic oxidation sites excluding steroid dienone is 22. The second kappa shape index (κ2) is 34.0. The van der Waals surface area contributed by atoms with Gasteiger partial charge >= 0.3 is 0 Å². The summed E-state index contributed by atoms with van der Waals surface area (Å²) in [6, 6.07) is 0. The number of fused-ring (bicyclic) bond motifs is 30. The Bertz CT molecular complexity index is 2730. The lowest BCUT2D eigenvalue weighted by Gasteiger charge is -2.38. The fourth-order valence-corrected chi connectivity index (χ4v) is 25.6. The molecule has 9 saturated carbocycles. The molecular formula is C94H142. The van der Waals surface area contributed by atoms with Gasteiger partial charge in [0, 0.05) is 5.92 Å². The molecule has 0 amide bonds. The lowest BCUT2D eigenvalue weighted by molar-refractivity contribution is 0.121. The SMILES string of the molecule is C/C=C1\CC2C=CC1C2.C/C=C1\CC2CC1C1=C2C2C=CC1C2.C1=CC2C(C1)C1CC2C2C3C=CC(C3)C12.CCCCC1CC2C=CC1C2.CCCCCCC1CC2C=CC1C2.CCCCCCCCC1CC2C=CC1C2.CCCCCCCCCCC1CC2C=CC1C2. The molecule has 0 aromatic heterocycles. The lowest BCUT2D eigenvalue weighted by atomic mass is 9.66. The summed E-state index contributed by atoms with van der Waals surface area (Å²) >= 11 is 0. The van der Waals surface area contributed by atoms with Crippen molar-refractivity contribution in [3.8, 4) is 0 Å². The van der Waals surface area contributed by atoms with Crippen LogP contribution in [0.2, 0.25) is 0 Å². The van der Waals surface area contributed by atoms with Crippen LogP contribution in [0.3, 0.4) is 0 Å². The molecule has 0 heterocycles. The molecule has 0 saturated heterocycles. The topological polar surface area (TPSA) is 0 Å². The van der Waals surface area contributed by atoms with Crippen molar-refractivity contribution in [1.29, 1.82) is 0 Å². The molecule has 0 aromatic rings. The Kier molecular flexibility index (Phi) is 25.2. The van der Waals surface area contributed by atoms with Crippen LogP contribution >= 0.6 is 0 Å². The van der Waals surface area contributed by atoms with E-state index in [9.17, 15) is 0 Å². The minimum absolute atomic E-state index is 0.833. The minimum atomic E-state index is 0.833. The summed E-state index contributed by atoms with van der Waals surface area (Å²) in [6.45, 7) is 13.6. The van der Waals surface area contributed by atoms with Crippen LogP contribution in [0.1, 0.15) is 298 Å². The Morgan fingerprint density at radius 3 is 1.16 bits per heavy atom. The highest BCUT2D eigenvalue weighted by molar-refractivity contribution is 5.50. The van der Waals surface area contributed by atoms with Gasteiger partial charge in [-0.05, 0) is 290 Å². The first kappa shape index (κ1) is 69.6. The zero-order valence-corrected chi connectivity index (χ0v) is 61.7. The zero-order valence-electron chi connectivity index (χ0n) is 61.7. The van der Waals surface area contributed by atoms with E-state index >= 15 is 0 Å². The van der Waals surface area contributed by atoms with E-state index in [1.54, 1.807) is 17.6 Å². The maximum absolute atomic E-state index is 2.57. The van der Waals surface area contributed by atoms with Crippen LogP contribution in [0.5, 0.6) is 0 Å². The molecule has 0 N–H and O–H groups in total. The molecule has 0 aromatic carbocycles. The molecule has 0 radical (unpaired) electrons. The normalized spacial score (nSPS) is 42.6. The van der Waals surface area contributed by atoms with Crippen LogP contribution in [0, 0.1) is 154 Å². The van der Waals surface area contributed by atoms with Crippen LogP contribution < -0.4 is 0 Å². The summed E-state index contributed by atoms with van der Waals surface area (Å²) in [5, 5.41) is 0. The van der Waals surface area contributed by atoms with Gasteiger partial charge in [-0.1, -0.05) is 288 Å². The van der Waals surface area contributed by atoms with E-state index in [2.05, 4.69) is 151 Å². The van der Waals surface area contributed by atoms with Gasteiger partial charge in [-0.15, -0.1) is 0 Å². The molecule has 0 nitrogen and oxygen atoms in total. The van der Waals surface area contributed by atoms with E-state index < -0.39 is 0 Å². The lowest BCUT2D eigenvalue weighted by Crippen LogP contribution is -2.34. The number of rotatable bonds is 24. The van der Waals surface area contributed by atoms with Crippen LogP contribution in [0.15, 0.2) is 132 Å². The molecule has 0 heteroatoms. The van der Waals surface area contributed by atoms with Gasteiger partial charge in [-0.3, -0.25) is 0 Å². The predicted octanol–water partition coefficient (Wildman–Crippen LogP) is 27.5. The second-order valence-electron chi connectivity index (χ2n) is 35.9. The first-order valence-corrected chi connectivity index (χ1v) is 42.8. The molecule has 0 spiro atoms. The molecule has 518 valence electrons. The summed E-state index contributed by atoms with van der Waals surface area (Å²) in [7, 11) is 0. The Morgan fingerprint density at radius 2 is 0.734 bits per heavy atom. The van der Waals surface area contributed by atoms with E-state index in [-0.39, 0.29) is 0 Å². The molecule has 19 aliphatic rings. The smallest absolute Gasteiger partial charge is 0.00218 e. The Hall–Kier alpha value is -2.86. The van der Waals surface area contributed by atoms with E-state index in [4.69, 9.17) is 0 Å². The standard InChI is InChI=1S/C17H30.C15H18.C15H26.C14H16.C13H22.C11H18.C9H12/c1-2-3-4-5-6-7-8-9-10-16-13-15-11-12-17(16)14-15;1-2-10-11(3-1)13-7-12(10)14-8-4-5-9(6-8)15(13)14;1-2-3-4-5-6-7-8-14-11-13-9-10-15(14)12-13;1-2-8-5-11-7-12(8)14-10-4-3-9(6-10)13(11)14;1-2-3-4-5-6-12-9-11-7-8-13(12)10-11;1-2-3-4-10-7-9-5-6-11(10)8-9;1-2-8-5-7-3-4-9(8)6-7/h11-12,15-17H,2-10,13-14H2,1H3;1-2,4-5,8-15H,3,6-7H2;9-10,13-15H,2-8,11-12H2,1H3;2-4,9-12H,5-7H2,1H3;7-8,11-13H,2-6,9-10H2,1H3;5-6,9-11H,2-4,7-8H2,1H3;2-4,7,9H,5-6H2,1H3/b;;;8-2+;;;8-2+. The first-order valence-electron chi connectivity index (χ1n) is 42.8. The van der Waals surface area contributed by atoms with Gasteiger partial charge in [0.15, 0.2) is 0 Å². The van der Waals surface area contributed by atoms with Gasteiger partial charge in [0.25, 0.3) is 0 Å². The highest BCUT2D eigenvalue weighted by Crippen LogP contribution is 2.70. The van der Waals surface area contributed by atoms with Crippen LogP contribution in [-0.4, -0.2) is 0 Å². The Balaban J connectivity index is 0.000000100. The van der Waals surface area contributed by atoms with Crippen molar-refractivity contribution in [1.82, 2.24) is 0 Å². The minimum Gasteiger partial charge on any atom is -0.0879 e. The monoisotopic (exact) mass is 1270 g/mol. The number of hydrogen-bond donors (Lipinski definition) is 0. The van der Waals surface area contributed by atoms with Crippen molar-refractivity contribution in [2.75, 3.05) is 0 Å². The number of hydrogen-bond acceptors (Lipinski definition) is 0. The number of unbranched alkanes of at least 4 members (excludes halogenated alkanes) is 16. The molecule has 18 bridgehead atoms. The fourth-order valence-electron chi connectivity index (χ4n) is 25.6. The third kappa shape index (κ3) is 16.3. The summed E-state index contributed by atoms with van der Waals surface area (Å²) < 4.78 is 0. The van der Waals surface area contributed by atoms with Gasteiger partial charge in [0.05, 0.1) is 0 Å². The molecule has 26 atom stereocenters. The van der Waals surface area contributed by atoms with Crippen molar-refractivity contribution in [3.05, 3.63) is 132 Å². The summed E-state index contributed by atoms with van der Waals surface area (Å²) in [5.74, 6) is 25.8. The molecule has 19 aliphatic carbocycles. The van der Waals surface area contributed by atoms with E-state index in [1.165, 1.54) is 250 Å². The first-order chi connectivity index (χ1) is 46.3. The highest BCUT2D eigenvalue weighted by atomic mass is 14.7. The van der Waals surface area contributed by atoms with Crippen LogP contribution in [0.25, 0.3) is 0 Å². The van der Waals surface area contributed by atoms with Gasteiger partial charge in [-0.2, -0.15) is 0 Å². The second-order valence-corrected chi connectivity index (χ2v) is 35.9. The van der Waals surface area contributed by atoms with E-state index in [0.29, 0.717) is 0 Å². The molecule has 94 heavy (non-hydrogen) atoms. The molecule has 19 rings (SSSR count).